The van der Waals surface area contributed by atoms with Crippen molar-refractivity contribution in [1.82, 2.24) is 16.0 Å². The van der Waals surface area contributed by atoms with Gasteiger partial charge >= 0.3 is 0 Å². The molecule has 4 rings (SSSR count). The zero-order valence-electron chi connectivity index (χ0n) is 46.4. The van der Waals surface area contributed by atoms with Crippen LogP contribution in [-0.4, -0.2) is 126 Å². The van der Waals surface area contributed by atoms with Gasteiger partial charge in [-0.15, -0.1) is 0 Å². The Hall–Kier alpha value is -8.36. The van der Waals surface area contributed by atoms with Crippen molar-refractivity contribution in [2.45, 2.75) is 101 Å². The molecule has 0 aromatic heterocycles. The lowest BCUT2D eigenvalue weighted by molar-refractivity contribution is -0.118. The molecule has 25 nitrogen and oxygen atoms in total. The third-order valence-electron chi connectivity index (χ3n) is 12.9. The van der Waals surface area contributed by atoms with E-state index in [1.807, 2.05) is 0 Å². The third-order valence-corrected chi connectivity index (χ3v) is 12.9. The minimum Gasteiger partial charge on any atom is -0.496 e. The molecule has 25 heteroatoms. The largest absolute Gasteiger partial charge is 0.496 e. The highest BCUT2D eigenvalue weighted by Crippen LogP contribution is 2.28. The van der Waals surface area contributed by atoms with Crippen LogP contribution in [0.3, 0.4) is 0 Å². The molecule has 0 radical (unpaired) electrons. The Balaban J connectivity index is 1.55. The standard InChI is InChI=1S/C56H79N13O12/c1-78-45-21-17-33(29-37(45)49(62)70)64-54(75)42(14-6-10-26-58)67-51(72)39-31-35(19-23-47(39)80-3)66-56(77)44(16-8-12-28-60)69-52(73)40-32-36(20-24-48(40)81-4)65-55(76)43(15-7-11-27-59)68-50(71)38-30-34(18-22-46(38)79-2)63-53(74)41(61)13-5-9-25-57/h17-24,29-32,41-44H,5-16,25-28,57-61H2,1-4H3,(H2,62,70)(H,63,74)(H,64,75)(H,65,76)(H,66,77)(H,67,72)(H,68,71)(H,69,73)/t41-,42-,43-,44?/m0/s1. The van der Waals surface area contributed by atoms with Crippen molar-refractivity contribution >= 4 is 70.0 Å². The SMILES string of the molecule is COc1ccc(NC(=O)[C@H](CCCCN)NC(=O)c2cc(NC(=O)C(CCCCN)NC(=O)c3cc(NC(=O)[C@H](CCCCN)NC(=O)c4cc(NC(=O)[C@@H](N)CCCCN)ccc4OC)ccc3OC)ccc2OC)cc1C(N)=O. The first kappa shape index (κ1) is 65.2. The molecule has 0 bridgehead atoms. The zero-order chi connectivity index (χ0) is 59.4. The van der Waals surface area contributed by atoms with Gasteiger partial charge in [-0.3, -0.25) is 38.4 Å². The molecule has 4 aromatic carbocycles. The molecule has 4 aromatic rings. The highest BCUT2D eigenvalue weighted by molar-refractivity contribution is 6.07. The van der Waals surface area contributed by atoms with Crippen LogP contribution in [0.4, 0.5) is 22.7 Å². The van der Waals surface area contributed by atoms with Gasteiger partial charge < -0.3 is 90.6 Å². The number of benzene rings is 4. The second kappa shape index (κ2) is 33.9. The number of ether oxygens (including phenoxy) is 4. The van der Waals surface area contributed by atoms with E-state index in [4.69, 9.17) is 53.3 Å². The van der Waals surface area contributed by atoms with Crippen LogP contribution in [0.1, 0.15) is 118 Å². The fourth-order valence-corrected chi connectivity index (χ4v) is 8.42. The number of carbonyl (C=O) groups is 8. The van der Waals surface area contributed by atoms with Crippen LogP contribution < -0.4 is 90.6 Å². The van der Waals surface area contributed by atoms with Crippen molar-refractivity contribution in [1.29, 1.82) is 0 Å². The monoisotopic (exact) mass is 1130 g/mol. The summed E-state index contributed by atoms with van der Waals surface area (Å²) < 4.78 is 21.7. The van der Waals surface area contributed by atoms with Gasteiger partial charge in [-0.05, 0) is 170 Å². The van der Waals surface area contributed by atoms with E-state index in [2.05, 4.69) is 37.2 Å². The summed E-state index contributed by atoms with van der Waals surface area (Å²) in [5.41, 5.74) is 35.3. The van der Waals surface area contributed by atoms with Gasteiger partial charge in [0.25, 0.3) is 23.6 Å². The molecule has 0 saturated heterocycles. The van der Waals surface area contributed by atoms with E-state index in [-0.39, 0.29) is 87.3 Å². The van der Waals surface area contributed by atoms with Crippen LogP contribution in [-0.2, 0) is 19.2 Å². The topological polar surface area (TPSA) is 414 Å². The van der Waals surface area contributed by atoms with Crippen LogP contribution in [0.2, 0.25) is 0 Å². The number of methoxy groups -OCH3 is 4. The summed E-state index contributed by atoms with van der Waals surface area (Å²) in [5.74, 6) is -4.64. The Morgan fingerprint density at radius 2 is 0.642 bits per heavy atom. The molecule has 8 amide bonds. The molecule has 0 saturated carbocycles. The summed E-state index contributed by atoms with van der Waals surface area (Å²) in [4.78, 5) is 109. The van der Waals surface area contributed by atoms with Crippen molar-refractivity contribution < 1.29 is 57.3 Å². The van der Waals surface area contributed by atoms with Gasteiger partial charge in [-0.2, -0.15) is 0 Å². The van der Waals surface area contributed by atoms with E-state index in [1.165, 1.54) is 95.2 Å². The Kier molecular flexibility index (Phi) is 27.3. The van der Waals surface area contributed by atoms with Crippen LogP contribution in [0.15, 0.2) is 72.8 Å². The van der Waals surface area contributed by atoms with Crippen LogP contribution in [0.25, 0.3) is 0 Å². The van der Waals surface area contributed by atoms with Gasteiger partial charge in [-0.25, -0.2) is 0 Å². The molecule has 1 unspecified atom stereocenters. The molecule has 19 N–H and O–H groups in total. The molecule has 0 aliphatic rings. The summed E-state index contributed by atoms with van der Waals surface area (Å²) in [5, 5.41) is 19.3. The van der Waals surface area contributed by atoms with Gasteiger partial charge in [0.15, 0.2) is 0 Å². The molecule has 4 atom stereocenters. The van der Waals surface area contributed by atoms with Crippen LogP contribution in [0, 0.1) is 0 Å². The van der Waals surface area contributed by atoms with Gasteiger partial charge in [0, 0.05) is 22.7 Å². The van der Waals surface area contributed by atoms with Gasteiger partial charge in [0.2, 0.25) is 23.6 Å². The number of hydrogen-bond donors (Lipinski definition) is 13. The first-order valence-electron chi connectivity index (χ1n) is 26.7. The van der Waals surface area contributed by atoms with E-state index in [9.17, 15) is 38.4 Å². The number of nitrogens with one attached hydrogen (secondary N) is 7. The number of carbonyl (C=O) groups excluding carboxylic acids is 8. The predicted octanol–water partition coefficient (Wildman–Crippen LogP) is 2.81. The van der Waals surface area contributed by atoms with Crippen molar-refractivity contribution in [2.24, 2.45) is 34.4 Å². The number of unbranched alkanes of at least 4 members (excludes halogenated alkanes) is 4. The minimum absolute atomic E-state index is 0.0325. The van der Waals surface area contributed by atoms with Crippen LogP contribution >= 0.6 is 0 Å². The predicted molar refractivity (Wildman–Crippen MR) is 308 cm³/mol. The molecule has 440 valence electrons. The number of hydrogen-bond acceptors (Lipinski definition) is 17. The maximum absolute atomic E-state index is 14.2. The number of anilines is 4. The molecule has 81 heavy (non-hydrogen) atoms. The third kappa shape index (κ3) is 20.0. The van der Waals surface area contributed by atoms with Crippen molar-refractivity contribution in [2.75, 3.05) is 75.9 Å². The Morgan fingerprint density at radius 3 is 0.914 bits per heavy atom. The van der Waals surface area contributed by atoms with E-state index in [0.29, 0.717) is 84.0 Å². The number of rotatable bonds is 35. The molecule has 0 aliphatic carbocycles. The summed E-state index contributed by atoms with van der Waals surface area (Å²) in [6.07, 6.45) is 5.28. The number of amides is 8. The Morgan fingerprint density at radius 1 is 0.383 bits per heavy atom. The average molecular weight is 1130 g/mol. The quantitative estimate of drug-likeness (QED) is 0.0295. The average Bonchev–Trinajstić information content (AvgIpc) is 3.48. The second-order valence-electron chi connectivity index (χ2n) is 18.8. The second-order valence-corrected chi connectivity index (χ2v) is 18.8. The molecule has 0 fully saturated rings. The maximum Gasteiger partial charge on any atom is 0.255 e. The Labute approximate surface area is 471 Å². The maximum atomic E-state index is 14.2. The lowest BCUT2D eigenvalue weighted by atomic mass is 10.1. The summed E-state index contributed by atoms with van der Waals surface area (Å²) in [7, 11) is 5.44. The molecule has 0 aliphatic heterocycles. The van der Waals surface area contributed by atoms with Gasteiger partial charge in [-0.1, -0.05) is 6.42 Å². The molecular weight excluding hydrogens is 1050 g/mol. The Bertz CT molecular complexity index is 2800. The summed E-state index contributed by atoms with van der Waals surface area (Å²) >= 11 is 0. The van der Waals surface area contributed by atoms with Gasteiger partial charge in [0.05, 0.1) is 56.7 Å². The fraction of sp³-hybridized carbons (Fsp3) is 0.429. The van der Waals surface area contributed by atoms with E-state index < -0.39 is 71.4 Å². The summed E-state index contributed by atoms with van der Waals surface area (Å²) in [6, 6.07) is 13.3. The molecule has 0 heterocycles. The number of nitrogens with two attached hydrogens (primary N) is 6. The molecule has 0 spiro atoms. The van der Waals surface area contributed by atoms with Crippen molar-refractivity contribution in [3.8, 4) is 23.0 Å². The lowest BCUT2D eigenvalue weighted by Crippen LogP contribution is -2.44. The van der Waals surface area contributed by atoms with E-state index in [1.54, 1.807) is 6.07 Å². The number of primary amides is 1. The van der Waals surface area contributed by atoms with Crippen molar-refractivity contribution in [3.05, 3.63) is 95.1 Å². The van der Waals surface area contributed by atoms with E-state index >= 15 is 0 Å². The first-order valence-corrected chi connectivity index (χ1v) is 26.7. The first-order chi connectivity index (χ1) is 38.9. The summed E-state index contributed by atoms with van der Waals surface area (Å²) in [6.45, 7) is 1.46. The zero-order valence-corrected chi connectivity index (χ0v) is 46.4. The highest BCUT2D eigenvalue weighted by Gasteiger charge is 2.29. The smallest absolute Gasteiger partial charge is 0.255 e. The fourth-order valence-electron chi connectivity index (χ4n) is 8.42. The highest BCUT2D eigenvalue weighted by atomic mass is 16.5. The van der Waals surface area contributed by atoms with E-state index in [0.717, 1.165) is 0 Å². The normalized spacial score (nSPS) is 12.3. The lowest BCUT2D eigenvalue weighted by Gasteiger charge is -2.22. The molecular formula is C56H79N13O12. The minimum atomic E-state index is -1.17. The van der Waals surface area contributed by atoms with Crippen molar-refractivity contribution in [3.63, 3.8) is 0 Å². The van der Waals surface area contributed by atoms with Crippen LogP contribution in [0.5, 0.6) is 23.0 Å². The van der Waals surface area contributed by atoms with Gasteiger partial charge in [0.1, 0.15) is 41.1 Å².